The number of aromatic amines is 2. The highest BCUT2D eigenvalue weighted by molar-refractivity contribution is 7.66. The summed E-state index contributed by atoms with van der Waals surface area (Å²) in [7, 11) is -16.9. The molecule has 1 aliphatic rings. The Morgan fingerprint density at radius 3 is 2.69 bits per heavy atom. The van der Waals surface area contributed by atoms with E-state index in [1.165, 1.54) is 23.2 Å². The number of azide groups is 1. The molecule has 0 radical (unpaired) electrons. The van der Waals surface area contributed by atoms with Crippen LogP contribution in [0.1, 0.15) is 35.1 Å². The summed E-state index contributed by atoms with van der Waals surface area (Å²) in [6.45, 7) is -0.958. The summed E-state index contributed by atoms with van der Waals surface area (Å²) in [5.74, 6) is -1.46. The average Bonchev–Trinajstić information content (AvgIpc) is 3.57. The molecule has 3 aromatic heterocycles. The summed E-state index contributed by atoms with van der Waals surface area (Å²) < 4.78 is 54.3. The molecule has 3 unspecified atom stereocenters. The lowest BCUT2D eigenvalue weighted by Crippen LogP contribution is -2.25. The van der Waals surface area contributed by atoms with Crippen molar-refractivity contribution in [3.05, 3.63) is 50.6 Å². The van der Waals surface area contributed by atoms with Crippen molar-refractivity contribution in [2.24, 2.45) is 11.0 Å². The monoisotopic (exact) mass is 653 g/mol. The summed E-state index contributed by atoms with van der Waals surface area (Å²) >= 11 is 0. The Bertz CT molecular complexity index is 1740. The van der Waals surface area contributed by atoms with Crippen molar-refractivity contribution >= 4 is 46.4 Å². The molecule has 5 atom stereocenters. The van der Waals surface area contributed by atoms with Gasteiger partial charge in [-0.15, -0.1) is 0 Å². The zero-order chi connectivity index (χ0) is 30.9. The van der Waals surface area contributed by atoms with Crippen LogP contribution in [0.25, 0.3) is 21.6 Å². The van der Waals surface area contributed by atoms with Crippen LogP contribution in [0.5, 0.6) is 0 Å². The maximum atomic E-state index is 13.2. The summed E-state index contributed by atoms with van der Waals surface area (Å²) in [6.07, 6.45) is 0.305. The van der Waals surface area contributed by atoms with Gasteiger partial charge in [-0.3, -0.25) is 23.7 Å². The lowest BCUT2D eigenvalue weighted by atomic mass is 9.93. The predicted molar refractivity (Wildman–Crippen MR) is 137 cm³/mol. The van der Waals surface area contributed by atoms with E-state index in [0.717, 1.165) is 0 Å². The number of nitrogens with one attached hydrogen (secondary N) is 2. The highest BCUT2D eigenvalue weighted by Crippen LogP contribution is 2.66. The first kappa shape index (κ1) is 31.7. The molecule has 4 heterocycles. The summed E-state index contributed by atoms with van der Waals surface area (Å²) in [4.78, 5) is 77.8. The van der Waals surface area contributed by atoms with Crippen molar-refractivity contribution in [2.75, 3.05) is 12.3 Å². The zero-order valence-corrected chi connectivity index (χ0v) is 23.5. The fraction of sp³-hybridized carbons (Fsp3) is 0.412. The number of hydrogen-bond donors (Lipinski definition) is 7. The van der Waals surface area contributed by atoms with Crippen LogP contribution in [0, 0.1) is 5.92 Å². The quantitative estimate of drug-likeness (QED) is 0.0450. The van der Waals surface area contributed by atoms with Crippen molar-refractivity contribution in [3.63, 3.8) is 0 Å². The number of anilines is 1. The molecule has 0 spiro atoms. The normalized spacial score (nSPS) is 22.0. The minimum atomic E-state index is -5.77. The third kappa shape index (κ3) is 7.78. The average molecular weight is 653 g/mol. The molecule has 22 nitrogen and oxygen atoms in total. The Hall–Kier alpha value is -3.22. The van der Waals surface area contributed by atoms with Crippen LogP contribution in [0.2, 0.25) is 0 Å². The number of carbonyl (C=O) groups is 1. The van der Waals surface area contributed by atoms with Crippen molar-refractivity contribution in [3.8, 4) is 0 Å². The summed E-state index contributed by atoms with van der Waals surface area (Å²) in [6, 6.07) is 1.54. The minimum absolute atomic E-state index is 0.0286. The molecule has 0 amide bonds. The van der Waals surface area contributed by atoms with Crippen molar-refractivity contribution < 1.29 is 55.9 Å². The van der Waals surface area contributed by atoms with E-state index in [1.807, 2.05) is 0 Å². The number of fused-ring (bicyclic) bond motifs is 1. The van der Waals surface area contributed by atoms with Gasteiger partial charge in [-0.1, -0.05) is 5.11 Å². The van der Waals surface area contributed by atoms with E-state index in [2.05, 4.69) is 38.6 Å². The van der Waals surface area contributed by atoms with E-state index in [9.17, 15) is 33.1 Å². The number of phosphoric acid groups is 3. The Morgan fingerprint density at radius 2 is 2.00 bits per heavy atom. The summed E-state index contributed by atoms with van der Waals surface area (Å²) in [5, 5.41) is 3.43. The van der Waals surface area contributed by atoms with E-state index < -0.39 is 59.7 Å². The summed E-state index contributed by atoms with van der Waals surface area (Å²) in [5.41, 5.74) is 14.1. The van der Waals surface area contributed by atoms with Crippen LogP contribution < -0.4 is 11.3 Å². The molecule has 0 bridgehead atoms. The number of imidazole rings is 1. The Balaban J connectivity index is 1.57. The lowest BCUT2D eigenvalue weighted by Gasteiger charge is -2.21. The van der Waals surface area contributed by atoms with E-state index in [0.29, 0.717) is 5.56 Å². The first-order valence-electron chi connectivity index (χ1n) is 11.4. The molecule has 3 aromatic rings. The second-order valence-electron chi connectivity index (χ2n) is 8.68. The maximum Gasteiger partial charge on any atom is 0.490 e. The Kier molecular flexibility index (Phi) is 9.19. The maximum absolute atomic E-state index is 13.2. The SMILES string of the molecule is [N-]=[N+]=NCc1cc[nH]c1C(=O)CC1C[C@H](n2cnc3c(=O)[nH]c(N)nc32)O[C@@H]1COP(=O)(O)OP(=O)(O)OP(=O)(O)O. The molecule has 0 aliphatic carbocycles. The number of H-pyrrole nitrogens is 2. The molecule has 0 saturated carbocycles. The van der Waals surface area contributed by atoms with Crippen molar-refractivity contribution in [2.45, 2.75) is 31.7 Å². The molecule has 0 aromatic carbocycles. The number of ketones is 1. The molecule has 1 saturated heterocycles. The molecular weight excluding hydrogens is 631 g/mol. The molecule has 1 aliphatic heterocycles. The Morgan fingerprint density at radius 1 is 1.26 bits per heavy atom. The Labute approximate surface area is 232 Å². The third-order valence-electron chi connectivity index (χ3n) is 5.80. The fourth-order valence-corrected chi connectivity index (χ4v) is 7.24. The smallest absolute Gasteiger partial charge is 0.369 e. The van der Waals surface area contributed by atoms with Gasteiger partial charge in [0, 0.05) is 17.5 Å². The van der Waals surface area contributed by atoms with Gasteiger partial charge < -0.3 is 35.0 Å². The van der Waals surface area contributed by atoms with E-state index in [4.69, 9.17) is 30.3 Å². The highest BCUT2D eigenvalue weighted by Gasteiger charge is 2.44. The lowest BCUT2D eigenvalue weighted by molar-refractivity contribution is -0.0287. The number of rotatable bonds is 13. The number of phosphoric ester groups is 1. The standard InChI is InChI=1S/C17H22N9O13P3/c18-17-23-15-14(16(28)24-17)21-7-26(15)12-4-9(3-10(27)13-8(1-2-20-13)5-22-25-19)11(37-12)6-36-41(32,33)39-42(34,35)38-40(29,30)31/h1-2,7,9,11-12,20H,3-6H2,(H,32,33)(H,34,35)(H2,29,30,31)(H3,18,23,24,28)/t9?,11-,12-/m1/s1. The van der Waals surface area contributed by atoms with E-state index in [-0.39, 0.29) is 42.2 Å². The number of aromatic nitrogens is 5. The van der Waals surface area contributed by atoms with Gasteiger partial charge in [0.2, 0.25) is 5.95 Å². The van der Waals surface area contributed by atoms with E-state index in [1.54, 1.807) is 0 Å². The number of nitrogens with zero attached hydrogens (tertiary/aromatic N) is 6. The largest absolute Gasteiger partial charge is 0.490 e. The highest BCUT2D eigenvalue weighted by atomic mass is 31.3. The second kappa shape index (κ2) is 12.2. The van der Waals surface area contributed by atoms with Gasteiger partial charge in [0.1, 0.15) is 6.23 Å². The molecule has 1 fully saturated rings. The topological polar surface area (TPSA) is 340 Å². The molecular formula is C17H22N9O13P3. The first-order valence-corrected chi connectivity index (χ1v) is 16.0. The minimum Gasteiger partial charge on any atom is -0.369 e. The number of nitrogens with two attached hydrogens (primary N) is 1. The number of ether oxygens (including phenoxy) is 1. The van der Waals surface area contributed by atoms with Crippen molar-refractivity contribution in [1.29, 1.82) is 0 Å². The molecule has 8 N–H and O–H groups in total. The van der Waals surface area contributed by atoms with Crippen molar-refractivity contribution in [1.82, 2.24) is 24.5 Å². The third-order valence-corrected chi connectivity index (χ3v) is 9.61. The van der Waals surface area contributed by atoms with Crippen LogP contribution in [0.4, 0.5) is 5.95 Å². The second-order valence-corrected chi connectivity index (χ2v) is 13.1. The molecule has 4 rings (SSSR count). The first-order chi connectivity index (χ1) is 19.6. The fourth-order valence-electron chi connectivity index (χ4n) is 4.21. The number of Topliss-reactive ketones (excluding diaryl/α,β-unsaturated/α-hetero) is 1. The van der Waals surface area contributed by atoms with Crippen LogP contribution in [-0.2, 0) is 38.1 Å². The van der Waals surface area contributed by atoms with Gasteiger partial charge in [-0.25, -0.2) is 18.7 Å². The number of hydrogen-bond acceptors (Lipinski definition) is 13. The van der Waals surface area contributed by atoms with E-state index >= 15 is 0 Å². The van der Waals surface area contributed by atoms with Gasteiger partial charge in [0.05, 0.1) is 31.3 Å². The van der Waals surface area contributed by atoms with Crippen LogP contribution in [-0.4, -0.2) is 62.6 Å². The van der Waals surface area contributed by atoms with Crippen LogP contribution in [0.15, 0.2) is 28.5 Å². The zero-order valence-electron chi connectivity index (χ0n) is 20.9. The van der Waals surface area contributed by atoms with Gasteiger partial charge in [-0.05, 0) is 29.5 Å². The molecule has 42 heavy (non-hydrogen) atoms. The van der Waals surface area contributed by atoms with Gasteiger partial charge in [-0.2, -0.15) is 13.6 Å². The van der Waals surface area contributed by atoms with Gasteiger partial charge in [0.25, 0.3) is 5.56 Å². The van der Waals surface area contributed by atoms with Gasteiger partial charge >= 0.3 is 23.5 Å². The molecule has 25 heteroatoms. The number of nitrogen functional groups attached to an aromatic ring is 1. The van der Waals surface area contributed by atoms with Crippen LogP contribution >= 0.6 is 23.5 Å². The predicted octanol–water partition coefficient (Wildman–Crippen LogP) is 1.36. The van der Waals surface area contributed by atoms with Crippen LogP contribution in [0.3, 0.4) is 0 Å². The van der Waals surface area contributed by atoms with Gasteiger partial charge in [0.15, 0.2) is 16.9 Å². The number of carbonyl (C=O) groups excluding carboxylic acids is 1. The molecule has 228 valence electrons.